The van der Waals surface area contributed by atoms with Crippen molar-refractivity contribution in [3.05, 3.63) is 20.8 Å². The smallest absolute Gasteiger partial charge is 0.330 e. The summed E-state index contributed by atoms with van der Waals surface area (Å²) in [6.45, 7) is 6.87. The minimum absolute atomic E-state index is 0.237. The van der Waals surface area contributed by atoms with E-state index in [-0.39, 0.29) is 11.9 Å². The van der Waals surface area contributed by atoms with E-state index < -0.39 is 11.2 Å². The maximum absolute atomic E-state index is 12.0. The maximum atomic E-state index is 12.0. The van der Waals surface area contributed by atoms with Crippen LogP contribution in [0.4, 0.5) is 11.5 Å². The summed E-state index contributed by atoms with van der Waals surface area (Å²) in [6, 6.07) is 0.237. The molecule has 1 saturated carbocycles. The Balaban J connectivity index is 2.35. The molecule has 20 heavy (non-hydrogen) atoms. The third-order valence-electron chi connectivity index (χ3n) is 4.48. The van der Waals surface area contributed by atoms with Gasteiger partial charge in [-0.3, -0.25) is 14.3 Å². The van der Waals surface area contributed by atoms with Gasteiger partial charge in [0.25, 0.3) is 5.56 Å². The highest BCUT2D eigenvalue weighted by atomic mass is 16.2. The van der Waals surface area contributed by atoms with Crippen LogP contribution in [0, 0.1) is 11.8 Å². The Kier molecular flexibility index (Phi) is 4.20. The molecule has 6 heteroatoms. The molecule has 1 aliphatic carbocycles. The molecule has 0 saturated heterocycles. The average Bonchev–Trinajstić information content (AvgIpc) is 2.71. The largest absolute Gasteiger partial charge is 0.383 e. The number of nitrogens with one attached hydrogen (secondary N) is 2. The van der Waals surface area contributed by atoms with E-state index in [4.69, 9.17) is 5.73 Å². The van der Waals surface area contributed by atoms with E-state index in [0.29, 0.717) is 24.1 Å². The molecule has 3 atom stereocenters. The normalized spacial score (nSPS) is 25.9. The summed E-state index contributed by atoms with van der Waals surface area (Å²) < 4.78 is 1.42. The number of hydrogen-bond donors (Lipinski definition) is 3. The van der Waals surface area contributed by atoms with Gasteiger partial charge in [0.2, 0.25) is 0 Å². The van der Waals surface area contributed by atoms with Crippen molar-refractivity contribution in [2.45, 2.75) is 52.6 Å². The lowest BCUT2D eigenvalue weighted by molar-refractivity contribution is 0.435. The van der Waals surface area contributed by atoms with Crippen molar-refractivity contribution < 1.29 is 0 Å². The molecule has 2 rings (SSSR count). The molecule has 6 nitrogen and oxygen atoms in total. The number of nitrogen functional groups attached to an aromatic ring is 1. The number of nitrogens with zero attached hydrogens (tertiary/aromatic N) is 1. The molecule has 3 unspecified atom stereocenters. The summed E-state index contributed by atoms with van der Waals surface area (Å²) in [4.78, 5) is 26.1. The van der Waals surface area contributed by atoms with Crippen LogP contribution in [-0.4, -0.2) is 15.6 Å². The summed E-state index contributed by atoms with van der Waals surface area (Å²) >= 11 is 0. The molecule has 1 heterocycles. The minimum atomic E-state index is -0.437. The van der Waals surface area contributed by atoms with Gasteiger partial charge in [-0.2, -0.15) is 0 Å². The lowest BCUT2D eigenvalue weighted by atomic mass is 9.98. The van der Waals surface area contributed by atoms with Crippen molar-refractivity contribution in [1.82, 2.24) is 9.55 Å². The van der Waals surface area contributed by atoms with Crippen molar-refractivity contribution in [1.29, 1.82) is 0 Å². The van der Waals surface area contributed by atoms with E-state index in [1.54, 1.807) is 0 Å². The first-order valence-electron chi connectivity index (χ1n) is 7.34. The van der Waals surface area contributed by atoms with E-state index in [0.717, 1.165) is 19.3 Å². The second-order valence-electron chi connectivity index (χ2n) is 5.84. The minimum Gasteiger partial charge on any atom is -0.383 e. The summed E-state index contributed by atoms with van der Waals surface area (Å²) in [6.07, 6.45) is 2.95. The first-order valence-corrected chi connectivity index (χ1v) is 7.34. The Morgan fingerprint density at radius 3 is 2.60 bits per heavy atom. The number of nitrogens with two attached hydrogens (primary N) is 1. The molecule has 1 fully saturated rings. The quantitative estimate of drug-likeness (QED) is 0.776. The van der Waals surface area contributed by atoms with Crippen LogP contribution in [0.2, 0.25) is 0 Å². The molecule has 0 radical (unpaired) electrons. The standard InChI is InChI=1S/C14H24N4O2/c1-4-7-18-12(15)11(13(19)17-14(18)20)16-10-6-5-8(2)9(10)3/h8-10,16H,4-7,15H2,1-3H3,(H,17,19,20). The van der Waals surface area contributed by atoms with Crippen LogP contribution in [0.15, 0.2) is 9.59 Å². The monoisotopic (exact) mass is 280 g/mol. The fourth-order valence-corrected chi connectivity index (χ4v) is 2.93. The molecular formula is C14H24N4O2. The molecule has 1 aromatic rings. The van der Waals surface area contributed by atoms with E-state index in [2.05, 4.69) is 24.1 Å². The number of H-pyrrole nitrogens is 1. The van der Waals surface area contributed by atoms with Crippen molar-refractivity contribution in [3.63, 3.8) is 0 Å². The Morgan fingerprint density at radius 1 is 1.35 bits per heavy atom. The second-order valence-corrected chi connectivity index (χ2v) is 5.84. The van der Waals surface area contributed by atoms with Crippen LogP contribution in [0.3, 0.4) is 0 Å². The molecule has 0 bridgehead atoms. The maximum Gasteiger partial charge on any atom is 0.330 e. The van der Waals surface area contributed by atoms with Crippen molar-refractivity contribution in [2.75, 3.05) is 11.1 Å². The third kappa shape index (κ3) is 2.59. The van der Waals surface area contributed by atoms with E-state index in [1.165, 1.54) is 4.57 Å². The van der Waals surface area contributed by atoms with E-state index >= 15 is 0 Å². The highest BCUT2D eigenvalue weighted by Crippen LogP contribution is 2.33. The fourth-order valence-electron chi connectivity index (χ4n) is 2.93. The molecule has 112 valence electrons. The van der Waals surface area contributed by atoms with Gasteiger partial charge in [-0.1, -0.05) is 20.8 Å². The summed E-state index contributed by atoms with van der Waals surface area (Å²) in [5, 5.41) is 3.26. The Bertz CT molecular complexity index is 590. The van der Waals surface area contributed by atoms with E-state index in [1.807, 2.05) is 6.92 Å². The molecule has 0 aromatic carbocycles. The predicted octanol–water partition coefficient (Wildman–Crippen LogP) is 1.38. The van der Waals surface area contributed by atoms with Gasteiger partial charge < -0.3 is 11.1 Å². The van der Waals surface area contributed by atoms with Gasteiger partial charge in [0.15, 0.2) is 0 Å². The van der Waals surface area contributed by atoms with E-state index in [9.17, 15) is 9.59 Å². The number of aromatic amines is 1. The molecule has 0 spiro atoms. The Hall–Kier alpha value is -1.72. The summed E-state index contributed by atoms with van der Waals surface area (Å²) in [7, 11) is 0. The topological polar surface area (TPSA) is 92.9 Å². The predicted molar refractivity (Wildman–Crippen MR) is 81.0 cm³/mol. The molecule has 0 aliphatic heterocycles. The molecular weight excluding hydrogens is 256 g/mol. The summed E-state index contributed by atoms with van der Waals surface area (Å²) in [5.41, 5.74) is 5.49. The number of rotatable bonds is 4. The zero-order valence-electron chi connectivity index (χ0n) is 12.4. The third-order valence-corrected chi connectivity index (χ3v) is 4.48. The number of hydrogen-bond acceptors (Lipinski definition) is 4. The van der Waals surface area contributed by atoms with Crippen LogP contribution >= 0.6 is 0 Å². The van der Waals surface area contributed by atoms with Crippen LogP contribution in [-0.2, 0) is 6.54 Å². The van der Waals surface area contributed by atoms with Gasteiger partial charge in [-0.25, -0.2) is 4.79 Å². The zero-order chi connectivity index (χ0) is 14.9. The van der Waals surface area contributed by atoms with Crippen LogP contribution in [0.1, 0.15) is 40.0 Å². The number of aromatic nitrogens is 2. The van der Waals surface area contributed by atoms with Gasteiger partial charge >= 0.3 is 5.69 Å². The highest BCUT2D eigenvalue weighted by Gasteiger charge is 2.30. The summed E-state index contributed by atoms with van der Waals surface area (Å²) in [5.74, 6) is 1.36. The van der Waals surface area contributed by atoms with Crippen LogP contribution in [0.5, 0.6) is 0 Å². The first kappa shape index (κ1) is 14.7. The molecule has 1 aromatic heterocycles. The van der Waals surface area contributed by atoms with Gasteiger partial charge in [0, 0.05) is 12.6 Å². The Morgan fingerprint density at radius 2 is 2.05 bits per heavy atom. The van der Waals surface area contributed by atoms with Gasteiger partial charge in [-0.15, -0.1) is 0 Å². The van der Waals surface area contributed by atoms with Crippen LogP contribution in [0.25, 0.3) is 0 Å². The van der Waals surface area contributed by atoms with Crippen LogP contribution < -0.4 is 22.3 Å². The second kappa shape index (κ2) is 5.73. The lowest BCUT2D eigenvalue weighted by Crippen LogP contribution is -2.36. The number of anilines is 2. The van der Waals surface area contributed by atoms with Crippen molar-refractivity contribution in [2.24, 2.45) is 11.8 Å². The molecule has 1 aliphatic rings. The SMILES string of the molecule is CCCn1c(N)c(NC2CCC(C)C2C)c(=O)[nH]c1=O. The average molecular weight is 280 g/mol. The van der Waals surface area contributed by atoms with Gasteiger partial charge in [0.1, 0.15) is 11.5 Å². The van der Waals surface area contributed by atoms with Crippen molar-refractivity contribution >= 4 is 11.5 Å². The van der Waals surface area contributed by atoms with Gasteiger partial charge in [0.05, 0.1) is 0 Å². The Labute approximate surface area is 118 Å². The fraction of sp³-hybridized carbons (Fsp3) is 0.714. The first-order chi connectivity index (χ1) is 9.45. The van der Waals surface area contributed by atoms with Gasteiger partial charge in [-0.05, 0) is 31.1 Å². The lowest BCUT2D eigenvalue weighted by Gasteiger charge is -2.22. The molecule has 4 N–H and O–H groups in total. The highest BCUT2D eigenvalue weighted by molar-refractivity contribution is 5.61. The van der Waals surface area contributed by atoms with Crippen molar-refractivity contribution in [3.8, 4) is 0 Å². The molecule has 0 amide bonds. The zero-order valence-corrected chi connectivity index (χ0v) is 12.4.